The zero-order valence-corrected chi connectivity index (χ0v) is 9.80. The predicted molar refractivity (Wildman–Crippen MR) is 60.0 cm³/mol. The minimum atomic E-state index is -0.251. The first-order valence-corrected chi connectivity index (χ1v) is 5.46. The van der Waals surface area contributed by atoms with Crippen molar-refractivity contribution in [3.8, 4) is 0 Å². The van der Waals surface area contributed by atoms with E-state index < -0.39 is 0 Å². The van der Waals surface area contributed by atoms with E-state index in [-0.39, 0.29) is 17.3 Å². The van der Waals surface area contributed by atoms with Gasteiger partial charge in [0.2, 0.25) is 5.91 Å². The van der Waals surface area contributed by atoms with Crippen LogP contribution in [0.25, 0.3) is 0 Å². The molecule has 84 valence electrons. The van der Waals surface area contributed by atoms with Crippen LogP contribution in [0, 0.1) is 0 Å². The van der Waals surface area contributed by atoms with E-state index in [1.54, 1.807) is 6.26 Å². The molecule has 0 fully saturated rings. The minimum absolute atomic E-state index is 0.00415. The molecule has 1 N–H and O–H groups in total. The van der Waals surface area contributed by atoms with Crippen molar-refractivity contribution in [1.29, 1.82) is 0 Å². The second kappa shape index (κ2) is 5.21. The number of halogens is 1. The average Bonchev–Trinajstić information content (AvgIpc) is 2.66. The van der Waals surface area contributed by atoms with E-state index in [2.05, 4.69) is 5.32 Å². The maximum atomic E-state index is 11.1. The Balaban J connectivity index is 2.39. The summed E-state index contributed by atoms with van der Waals surface area (Å²) in [5.74, 6) is 0.800. The van der Waals surface area contributed by atoms with Crippen LogP contribution in [-0.2, 0) is 11.2 Å². The molecule has 1 rings (SSSR count). The van der Waals surface area contributed by atoms with E-state index in [1.165, 1.54) is 0 Å². The molecule has 0 unspecified atom stereocenters. The van der Waals surface area contributed by atoms with Crippen molar-refractivity contribution in [2.45, 2.75) is 32.2 Å². The number of hydrogen-bond acceptors (Lipinski definition) is 2. The highest BCUT2D eigenvalue weighted by Gasteiger charge is 2.19. The second-order valence-corrected chi connectivity index (χ2v) is 4.41. The van der Waals surface area contributed by atoms with Gasteiger partial charge in [0, 0.05) is 12.0 Å². The molecule has 0 saturated heterocycles. The fraction of sp³-hybridized carbons (Fsp3) is 0.545. The quantitative estimate of drug-likeness (QED) is 0.788. The summed E-state index contributed by atoms with van der Waals surface area (Å²) in [6.07, 6.45) is 3.28. The highest BCUT2D eigenvalue weighted by molar-refractivity contribution is 6.27. The summed E-state index contributed by atoms with van der Waals surface area (Å²) in [7, 11) is 0. The Labute approximate surface area is 94.8 Å². The number of furan rings is 1. The fourth-order valence-corrected chi connectivity index (χ4v) is 1.43. The number of carbonyl (C=O) groups is 1. The molecule has 1 heterocycles. The van der Waals surface area contributed by atoms with Crippen LogP contribution in [0.2, 0.25) is 0 Å². The monoisotopic (exact) mass is 229 g/mol. The Hall–Kier alpha value is -0.960. The third kappa shape index (κ3) is 4.38. The van der Waals surface area contributed by atoms with Crippen molar-refractivity contribution < 1.29 is 9.21 Å². The lowest BCUT2D eigenvalue weighted by Gasteiger charge is -2.25. The summed E-state index contributed by atoms with van der Waals surface area (Å²) in [6.45, 7) is 3.95. The lowest BCUT2D eigenvalue weighted by atomic mass is 9.97. The van der Waals surface area contributed by atoms with Gasteiger partial charge in [0.25, 0.3) is 0 Å². The van der Waals surface area contributed by atoms with Gasteiger partial charge >= 0.3 is 0 Å². The van der Waals surface area contributed by atoms with Crippen molar-refractivity contribution in [3.63, 3.8) is 0 Å². The lowest BCUT2D eigenvalue weighted by molar-refractivity contribution is -0.120. The number of rotatable bonds is 5. The molecule has 3 nitrogen and oxygen atoms in total. The molecule has 0 saturated carbocycles. The molecular formula is C11H16ClNO2. The van der Waals surface area contributed by atoms with Crippen molar-refractivity contribution in [2.75, 3.05) is 5.88 Å². The van der Waals surface area contributed by atoms with Gasteiger partial charge in [0.15, 0.2) is 0 Å². The van der Waals surface area contributed by atoms with Gasteiger partial charge in [-0.15, -0.1) is 11.6 Å². The molecule has 4 heteroatoms. The zero-order chi connectivity index (χ0) is 11.3. The van der Waals surface area contributed by atoms with Crippen LogP contribution in [0.5, 0.6) is 0 Å². The van der Waals surface area contributed by atoms with Crippen LogP contribution in [-0.4, -0.2) is 17.3 Å². The number of alkyl halides is 1. The Morgan fingerprint density at radius 2 is 2.33 bits per heavy atom. The maximum absolute atomic E-state index is 11.1. The van der Waals surface area contributed by atoms with Crippen LogP contribution < -0.4 is 5.32 Å². The van der Waals surface area contributed by atoms with E-state index >= 15 is 0 Å². The molecule has 1 aromatic heterocycles. The average molecular weight is 230 g/mol. The number of nitrogens with one attached hydrogen (secondary N) is 1. The number of amides is 1. The highest BCUT2D eigenvalue weighted by Crippen LogP contribution is 2.13. The standard InChI is InChI=1S/C11H16ClNO2/c1-11(2,13-10(14)8-12)6-5-9-4-3-7-15-9/h3-4,7H,5-6,8H2,1-2H3,(H,13,14). The molecular weight excluding hydrogens is 214 g/mol. The van der Waals surface area contributed by atoms with Crippen molar-refractivity contribution in [3.05, 3.63) is 24.2 Å². The van der Waals surface area contributed by atoms with Gasteiger partial charge in [-0.3, -0.25) is 4.79 Å². The normalized spacial score (nSPS) is 11.4. The summed E-state index contributed by atoms with van der Waals surface area (Å²) in [6, 6.07) is 3.79. The third-order valence-electron chi connectivity index (χ3n) is 2.18. The Morgan fingerprint density at radius 1 is 1.60 bits per heavy atom. The number of carbonyl (C=O) groups excluding carboxylic acids is 1. The van der Waals surface area contributed by atoms with Crippen LogP contribution in [0.4, 0.5) is 0 Å². The zero-order valence-electron chi connectivity index (χ0n) is 9.05. The molecule has 0 atom stereocenters. The van der Waals surface area contributed by atoms with E-state index in [0.29, 0.717) is 0 Å². The second-order valence-electron chi connectivity index (χ2n) is 4.15. The first-order chi connectivity index (χ1) is 7.03. The van der Waals surface area contributed by atoms with Gasteiger partial charge in [0.05, 0.1) is 6.26 Å². The summed E-state index contributed by atoms with van der Waals surface area (Å²) < 4.78 is 5.22. The Kier molecular flexibility index (Phi) is 4.21. The molecule has 0 aliphatic rings. The van der Waals surface area contributed by atoms with Crippen LogP contribution in [0.1, 0.15) is 26.0 Å². The van der Waals surface area contributed by atoms with E-state index in [9.17, 15) is 4.79 Å². The third-order valence-corrected chi connectivity index (χ3v) is 2.42. The summed E-state index contributed by atoms with van der Waals surface area (Å²) in [4.78, 5) is 11.1. The highest BCUT2D eigenvalue weighted by atomic mass is 35.5. The summed E-state index contributed by atoms with van der Waals surface area (Å²) >= 11 is 5.43. The van der Waals surface area contributed by atoms with Gasteiger partial charge < -0.3 is 9.73 Å². The smallest absolute Gasteiger partial charge is 0.235 e. The lowest BCUT2D eigenvalue weighted by Crippen LogP contribution is -2.44. The first kappa shape index (κ1) is 12.1. The van der Waals surface area contributed by atoms with Crippen molar-refractivity contribution in [2.24, 2.45) is 0 Å². The van der Waals surface area contributed by atoms with Crippen molar-refractivity contribution in [1.82, 2.24) is 5.32 Å². The summed E-state index contributed by atoms with van der Waals surface area (Å²) in [5.41, 5.74) is -0.251. The van der Waals surface area contributed by atoms with Crippen LogP contribution in [0.15, 0.2) is 22.8 Å². The molecule has 1 aromatic rings. The number of aryl methyl sites for hydroxylation is 1. The number of hydrogen-bond donors (Lipinski definition) is 1. The van der Waals surface area contributed by atoms with Crippen molar-refractivity contribution >= 4 is 17.5 Å². The molecule has 0 aliphatic heterocycles. The van der Waals surface area contributed by atoms with Gasteiger partial charge in [-0.05, 0) is 32.4 Å². The van der Waals surface area contributed by atoms with E-state index in [0.717, 1.165) is 18.6 Å². The first-order valence-electron chi connectivity index (χ1n) is 4.93. The van der Waals surface area contributed by atoms with Gasteiger partial charge in [0.1, 0.15) is 11.6 Å². The maximum Gasteiger partial charge on any atom is 0.235 e. The minimum Gasteiger partial charge on any atom is -0.469 e. The molecule has 0 radical (unpaired) electrons. The van der Waals surface area contributed by atoms with E-state index in [4.69, 9.17) is 16.0 Å². The molecule has 0 aromatic carbocycles. The van der Waals surface area contributed by atoms with Gasteiger partial charge in [-0.25, -0.2) is 0 Å². The van der Waals surface area contributed by atoms with Gasteiger partial charge in [-0.1, -0.05) is 0 Å². The molecule has 0 bridgehead atoms. The SMILES string of the molecule is CC(C)(CCc1ccco1)NC(=O)CCl. The van der Waals surface area contributed by atoms with Gasteiger partial charge in [-0.2, -0.15) is 0 Å². The predicted octanol–water partition coefficient (Wildman–Crippen LogP) is 2.35. The van der Waals surface area contributed by atoms with E-state index in [1.807, 2.05) is 26.0 Å². The molecule has 0 aliphatic carbocycles. The summed E-state index contributed by atoms with van der Waals surface area (Å²) in [5, 5.41) is 2.86. The van der Waals surface area contributed by atoms with Crippen LogP contribution >= 0.6 is 11.6 Å². The fourth-order valence-electron chi connectivity index (χ4n) is 1.36. The largest absolute Gasteiger partial charge is 0.469 e. The molecule has 0 spiro atoms. The topological polar surface area (TPSA) is 42.2 Å². The Morgan fingerprint density at radius 3 is 2.87 bits per heavy atom. The molecule has 15 heavy (non-hydrogen) atoms. The molecule has 1 amide bonds. The van der Waals surface area contributed by atoms with Crippen LogP contribution in [0.3, 0.4) is 0 Å². The Bertz CT molecular complexity index is 306.